The summed E-state index contributed by atoms with van der Waals surface area (Å²) >= 11 is 1.10. The van der Waals surface area contributed by atoms with Crippen LogP contribution in [0.1, 0.15) is 27.9 Å². The molecule has 2 unspecified atom stereocenters. The fourth-order valence-electron chi connectivity index (χ4n) is 1.70. The monoisotopic (exact) mass is 276 g/mol. The highest BCUT2D eigenvalue weighted by atomic mass is 32.1. The molecule has 0 aromatic carbocycles. The maximum Gasteiger partial charge on any atom is 0.387 e. The number of thiophene rings is 1. The number of rotatable bonds is 5. The minimum absolute atomic E-state index is 0.0960. The molecule has 1 saturated carbocycles. The lowest BCUT2D eigenvalue weighted by Crippen LogP contribution is -2.10. The Hall–Kier alpha value is -1.17. The first kappa shape index (κ1) is 13.3. The number of alkyl halides is 2. The summed E-state index contributed by atoms with van der Waals surface area (Å²) in [6.07, 6.45) is 1.05. The maximum absolute atomic E-state index is 12.2. The predicted octanol–water partition coefficient (Wildman–Crippen LogP) is 3.47. The summed E-state index contributed by atoms with van der Waals surface area (Å²) in [5.41, 5.74) is 0. The maximum atomic E-state index is 12.2. The summed E-state index contributed by atoms with van der Waals surface area (Å²) in [5, 5.41) is 0. The Morgan fingerprint density at radius 1 is 1.61 bits per heavy atom. The molecule has 100 valence electrons. The Morgan fingerprint density at radius 3 is 2.83 bits per heavy atom. The lowest BCUT2D eigenvalue weighted by molar-refractivity contribution is -0.0501. The molecule has 1 aromatic heterocycles. The van der Waals surface area contributed by atoms with E-state index in [-0.39, 0.29) is 10.6 Å². The smallest absolute Gasteiger partial charge is 0.387 e. The number of ether oxygens (including phenoxy) is 2. The summed E-state index contributed by atoms with van der Waals surface area (Å²) < 4.78 is 33.8. The lowest BCUT2D eigenvalue weighted by atomic mass is 10.3. The van der Waals surface area contributed by atoms with Crippen LogP contribution in [-0.2, 0) is 4.74 Å². The van der Waals surface area contributed by atoms with Crippen LogP contribution < -0.4 is 4.74 Å². The van der Waals surface area contributed by atoms with Crippen molar-refractivity contribution >= 4 is 17.3 Å². The molecule has 0 bridgehead atoms. The van der Waals surface area contributed by atoms with E-state index in [1.807, 2.05) is 0 Å². The molecule has 0 radical (unpaired) electrons. The van der Waals surface area contributed by atoms with E-state index < -0.39 is 12.6 Å². The zero-order chi connectivity index (χ0) is 13.3. The average Bonchev–Trinajstić information content (AvgIpc) is 2.85. The van der Waals surface area contributed by atoms with Crippen molar-refractivity contribution in [1.29, 1.82) is 0 Å². The lowest BCUT2D eigenvalue weighted by Gasteiger charge is -2.06. The van der Waals surface area contributed by atoms with Gasteiger partial charge in [0.2, 0.25) is 0 Å². The number of esters is 1. The third-order valence-electron chi connectivity index (χ3n) is 2.93. The van der Waals surface area contributed by atoms with Gasteiger partial charge in [-0.15, -0.1) is 11.3 Å². The molecule has 1 aliphatic rings. The molecule has 0 amide bonds. The van der Waals surface area contributed by atoms with Gasteiger partial charge >= 0.3 is 12.6 Å². The molecule has 6 heteroatoms. The van der Waals surface area contributed by atoms with Crippen molar-refractivity contribution in [2.45, 2.75) is 26.9 Å². The van der Waals surface area contributed by atoms with Crippen LogP contribution in [-0.4, -0.2) is 19.2 Å². The first-order chi connectivity index (χ1) is 8.47. The first-order valence-electron chi connectivity index (χ1n) is 5.69. The van der Waals surface area contributed by atoms with Crippen LogP contribution in [0.3, 0.4) is 0 Å². The van der Waals surface area contributed by atoms with E-state index in [9.17, 15) is 13.6 Å². The predicted molar refractivity (Wildman–Crippen MR) is 63.2 cm³/mol. The van der Waals surface area contributed by atoms with Gasteiger partial charge in [0.25, 0.3) is 0 Å². The highest BCUT2D eigenvalue weighted by Gasteiger charge is 2.34. The molecular weight excluding hydrogens is 262 g/mol. The molecule has 2 atom stereocenters. The van der Waals surface area contributed by atoms with Crippen LogP contribution in [0, 0.1) is 18.8 Å². The van der Waals surface area contributed by atoms with E-state index in [1.54, 1.807) is 6.92 Å². The van der Waals surface area contributed by atoms with E-state index in [0.717, 1.165) is 22.6 Å². The Bertz CT molecular complexity index is 445. The molecule has 3 nitrogen and oxygen atoms in total. The molecule has 1 aliphatic carbocycles. The molecule has 0 spiro atoms. The number of halogens is 2. The van der Waals surface area contributed by atoms with Crippen molar-refractivity contribution in [3.63, 3.8) is 0 Å². The third-order valence-corrected chi connectivity index (χ3v) is 3.94. The SMILES string of the molecule is Cc1cc(OC(F)F)c(C(=O)OCC2CC2C)s1. The van der Waals surface area contributed by atoms with Gasteiger partial charge in [0.15, 0.2) is 10.6 Å². The summed E-state index contributed by atoms with van der Waals surface area (Å²) in [6.45, 7) is 1.22. The number of hydrogen-bond donors (Lipinski definition) is 0. The fraction of sp³-hybridized carbons (Fsp3) is 0.583. The van der Waals surface area contributed by atoms with Crippen LogP contribution in [0.5, 0.6) is 5.75 Å². The number of aryl methyl sites for hydroxylation is 1. The van der Waals surface area contributed by atoms with Gasteiger partial charge in [0, 0.05) is 4.88 Å². The summed E-state index contributed by atoms with van der Waals surface area (Å²) in [4.78, 5) is 12.6. The van der Waals surface area contributed by atoms with Crippen molar-refractivity contribution in [2.75, 3.05) is 6.61 Å². The molecule has 0 N–H and O–H groups in total. The highest BCUT2D eigenvalue weighted by Crippen LogP contribution is 2.38. The fourth-order valence-corrected chi connectivity index (χ4v) is 2.53. The molecule has 0 aliphatic heterocycles. The van der Waals surface area contributed by atoms with E-state index in [0.29, 0.717) is 18.4 Å². The highest BCUT2D eigenvalue weighted by molar-refractivity contribution is 7.14. The van der Waals surface area contributed by atoms with Gasteiger partial charge in [-0.1, -0.05) is 6.92 Å². The number of carbonyl (C=O) groups excluding carboxylic acids is 1. The second-order valence-electron chi connectivity index (χ2n) is 4.50. The van der Waals surface area contributed by atoms with Gasteiger partial charge in [-0.3, -0.25) is 0 Å². The normalized spacial score (nSPS) is 22.1. The first-order valence-corrected chi connectivity index (χ1v) is 6.51. The molecule has 1 aromatic rings. The van der Waals surface area contributed by atoms with Crippen molar-refractivity contribution in [3.8, 4) is 5.75 Å². The van der Waals surface area contributed by atoms with Gasteiger partial charge in [0.05, 0.1) is 6.61 Å². The van der Waals surface area contributed by atoms with E-state index in [1.165, 1.54) is 6.07 Å². The minimum Gasteiger partial charge on any atom is -0.461 e. The zero-order valence-electron chi connectivity index (χ0n) is 10.1. The van der Waals surface area contributed by atoms with Gasteiger partial charge in [-0.05, 0) is 31.2 Å². The molecular formula is C12H14F2O3S. The standard InChI is InChI=1S/C12H14F2O3S/c1-6-3-8(6)5-16-11(15)10-9(17-12(13)14)4-7(2)18-10/h4,6,8,12H,3,5H2,1-2H3. The third kappa shape index (κ3) is 3.19. The van der Waals surface area contributed by atoms with Crippen LogP contribution in [0.25, 0.3) is 0 Å². The van der Waals surface area contributed by atoms with Gasteiger partial charge in [-0.2, -0.15) is 8.78 Å². The summed E-state index contributed by atoms with van der Waals surface area (Å²) in [7, 11) is 0. The second kappa shape index (κ2) is 5.22. The molecule has 2 rings (SSSR count). The van der Waals surface area contributed by atoms with Crippen molar-refractivity contribution in [1.82, 2.24) is 0 Å². The number of hydrogen-bond acceptors (Lipinski definition) is 4. The van der Waals surface area contributed by atoms with Crippen LogP contribution in [0.4, 0.5) is 8.78 Å². The average molecular weight is 276 g/mol. The zero-order valence-corrected chi connectivity index (χ0v) is 10.9. The van der Waals surface area contributed by atoms with Gasteiger partial charge < -0.3 is 9.47 Å². The largest absolute Gasteiger partial charge is 0.461 e. The summed E-state index contributed by atoms with van der Waals surface area (Å²) in [6, 6.07) is 1.42. The van der Waals surface area contributed by atoms with Crippen LogP contribution in [0.15, 0.2) is 6.07 Å². The second-order valence-corrected chi connectivity index (χ2v) is 5.76. The minimum atomic E-state index is -2.94. The number of carbonyl (C=O) groups is 1. The molecule has 0 saturated heterocycles. The van der Waals surface area contributed by atoms with Gasteiger partial charge in [0.1, 0.15) is 0 Å². The van der Waals surface area contributed by atoms with Crippen LogP contribution >= 0.6 is 11.3 Å². The van der Waals surface area contributed by atoms with E-state index >= 15 is 0 Å². The van der Waals surface area contributed by atoms with Crippen molar-refractivity contribution in [3.05, 3.63) is 15.8 Å². The topological polar surface area (TPSA) is 35.5 Å². The van der Waals surface area contributed by atoms with E-state index in [4.69, 9.17) is 4.74 Å². The van der Waals surface area contributed by atoms with Gasteiger partial charge in [-0.25, -0.2) is 4.79 Å². The Labute approximate surface area is 108 Å². The Balaban J connectivity index is 1.99. The molecule has 1 fully saturated rings. The van der Waals surface area contributed by atoms with E-state index in [2.05, 4.69) is 11.7 Å². The van der Waals surface area contributed by atoms with Crippen LogP contribution in [0.2, 0.25) is 0 Å². The summed E-state index contributed by atoms with van der Waals surface area (Å²) in [5.74, 6) is 0.318. The van der Waals surface area contributed by atoms with Crippen molar-refractivity contribution in [2.24, 2.45) is 11.8 Å². The quantitative estimate of drug-likeness (QED) is 0.772. The van der Waals surface area contributed by atoms with Crippen molar-refractivity contribution < 1.29 is 23.0 Å². The molecule has 18 heavy (non-hydrogen) atoms. The Kier molecular flexibility index (Phi) is 3.85. The Morgan fingerprint density at radius 2 is 2.28 bits per heavy atom. The molecule has 1 heterocycles.